The summed E-state index contributed by atoms with van der Waals surface area (Å²) < 4.78 is 6.08. The van der Waals surface area contributed by atoms with Crippen molar-refractivity contribution in [1.29, 1.82) is 0 Å². The molecule has 0 unspecified atom stereocenters. The molecule has 0 aliphatic carbocycles. The number of methoxy groups -OCH3 is 1. The lowest BCUT2D eigenvalue weighted by Crippen LogP contribution is -2.34. The van der Waals surface area contributed by atoms with E-state index >= 15 is 0 Å². The molecule has 0 aliphatic rings. The molecular formula is C23H18N4O4S2. The van der Waals surface area contributed by atoms with Gasteiger partial charge in [0.1, 0.15) is 5.01 Å². The summed E-state index contributed by atoms with van der Waals surface area (Å²) in [6, 6.07) is 17.6. The number of rotatable bonds is 5. The number of nitro benzene ring substituents is 1. The van der Waals surface area contributed by atoms with E-state index in [0.29, 0.717) is 5.69 Å². The van der Waals surface area contributed by atoms with Gasteiger partial charge in [-0.3, -0.25) is 20.2 Å². The largest absolute Gasteiger partial charge is 0.490 e. The summed E-state index contributed by atoms with van der Waals surface area (Å²) in [7, 11) is 1.32. The number of nitrogens with one attached hydrogen (secondary N) is 2. The summed E-state index contributed by atoms with van der Waals surface area (Å²) in [5, 5.41) is 17.6. The van der Waals surface area contributed by atoms with Crippen molar-refractivity contribution < 1.29 is 14.5 Å². The molecule has 1 amide bonds. The van der Waals surface area contributed by atoms with Crippen molar-refractivity contribution in [2.45, 2.75) is 6.92 Å². The summed E-state index contributed by atoms with van der Waals surface area (Å²) in [6.45, 7) is 2.05. The van der Waals surface area contributed by atoms with Crippen LogP contribution in [0.3, 0.4) is 0 Å². The zero-order valence-electron chi connectivity index (χ0n) is 17.6. The minimum Gasteiger partial charge on any atom is -0.490 e. The number of anilines is 1. The Morgan fingerprint density at radius 3 is 2.58 bits per heavy atom. The number of benzene rings is 3. The van der Waals surface area contributed by atoms with Crippen molar-refractivity contribution >= 4 is 56.2 Å². The smallest absolute Gasteiger partial charge is 0.311 e. The lowest BCUT2D eigenvalue weighted by Gasteiger charge is -2.10. The molecule has 1 aromatic heterocycles. The summed E-state index contributed by atoms with van der Waals surface area (Å²) in [4.78, 5) is 27.7. The molecule has 0 aliphatic heterocycles. The van der Waals surface area contributed by atoms with Crippen LogP contribution in [0.25, 0.3) is 20.8 Å². The molecule has 0 saturated heterocycles. The number of carbonyl (C=O) groups excluding carboxylic acids is 1. The number of carbonyl (C=O) groups is 1. The van der Waals surface area contributed by atoms with E-state index in [4.69, 9.17) is 17.0 Å². The van der Waals surface area contributed by atoms with Gasteiger partial charge in [-0.15, -0.1) is 11.3 Å². The van der Waals surface area contributed by atoms with E-state index in [1.165, 1.54) is 24.8 Å². The highest BCUT2D eigenvalue weighted by Gasteiger charge is 2.18. The molecule has 0 saturated carbocycles. The first-order chi connectivity index (χ1) is 15.8. The molecule has 3 aromatic carbocycles. The van der Waals surface area contributed by atoms with Crippen LogP contribution in [0, 0.1) is 17.0 Å². The van der Waals surface area contributed by atoms with E-state index in [1.54, 1.807) is 11.3 Å². The lowest BCUT2D eigenvalue weighted by molar-refractivity contribution is -0.385. The zero-order valence-corrected chi connectivity index (χ0v) is 19.3. The van der Waals surface area contributed by atoms with Crippen LogP contribution >= 0.6 is 23.6 Å². The van der Waals surface area contributed by atoms with Gasteiger partial charge in [-0.05, 0) is 73.2 Å². The summed E-state index contributed by atoms with van der Waals surface area (Å²) in [5.41, 5.74) is 3.60. The molecule has 0 fully saturated rings. The first-order valence-electron chi connectivity index (χ1n) is 9.76. The van der Waals surface area contributed by atoms with Gasteiger partial charge in [-0.1, -0.05) is 6.07 Å². The van der Waals surface area contributed by atoms with E-state index in [-0.39, 0.29) is 22.1 Å². The maximum Gasteiger partial charge on any atom is 0.311 e. The van der Waals surface area contributed by atoms with E-state index in [2.05, 4.69) is 28.6 Å². The standard InChI is InChI=1S/C23H18N4O4S2/c1-13-3-9-17-20(11-13)33-22(25-17)14-4-7-16(8-5-14)24-23(32)26-21(28)15-6-10-19(31-2)18(12-15)27(29)30/h3-12H,1-2H3,(H2,24,26,28,32). The normalized spacial score (nSPS) is 10.6. The number of fused-ring (bicyclic) bond motifs is 1. The van der Waals surface area contributed by atoms with E-state index < -0.39 is 10.8 Å². The third-order valence-electron chi connectivity index (χ3n) is 4.80. The minimum atomic E-state index is -0.611. The maximum atomic E-state index is 12.5. The Balaban J connectivity index is 1.43. The van der Waals surface area contributed by atoms with Crippen LogP contribution in [0.5, 0.6) is 5.75 Å². The highest BCUT2D eigenvalue weighted by molar-refractivity contribution is 7.80. The predicted octanol–water partition coefficient (Wildman–Crippen LogP) is 5.32. The van der Waals surface area contributed by atoms with Crippen LogP contribution in [0.1, 0.15) is 15.9 Å². The zero-order chi connectivity index (χ0) is 23.5. The number of hydrogen-bond donors (Lipinski definition) is 2. The van der Waals surface area contributed by atoms with Crippen LogP contribution in [0.4, 0.5) is 11.4 Å². The molecule has 10 heteroatoms. The summed E-state index contributed by atoms with van der Waals surface area (Å²) >= 11 is 6.84. The van der Waals surface area contributed by atoms with Gasteiger partial charge >= 0.3 is 5.69 Å². The topological polar surface area (TPSA) is 106 Å². The van der Waals surface area contributed by atoms with E-state index in [0.717, 1.165) is 26.9 Å². The van der Waals surface area contributed by atoms with Gasteiger partial charge < -0.3 is 10.1 Å². The number of hydrogen-bond acceptors (Lipinski definition) is 7. The van der Waals surface area contributed by atoms with Crippen molar-refractivity contribution in [3.05, 3.63) is 81.9 Å². The molecule has 4 rings (SSSR count). The minimum absolute atomic E-state index is 0.0700. The highest BCUT2D eigenvalue weighted by Crippen LogP contribution is 2.31. The number of amides is 1. The molecular weight excluding hydrogens is 460 g/mol. The third kappa shape index (κ3) is 4.97. The third-order valence-corrected chi connectivity index (χ3v) is 6.07. The van der Waals surface area contributed by atoms with Crippen molar-refractivity contribution in [2.24, 2.45) is 0 Å². The number of thiocarbonyl (C=S) groups is 1. The monoisotopic (exact) mass is 478 g/mol. The van der Waals surface area contributed by atoms with Crippen molar-refractivity contribution in [3.63, 3.8) is 0 Å². The number of nitrogens with zero attached hydrogens (tertiary/aromatic N) is 2. The fourth-order valence-electron chi connectivity index (χ4n) is 3.16. The van der Waals surface area contributed by atoms with Crippen LogP contribution < -0.4 is 15.4 Å². The van der Waals surface area contributed by atoms with Crippen LogP contribution in [-0.4, -0.2) is 28.0 Å². The Labute approximate surface area is 198 Å². The average molecular weight is 479 g/mol. The quantitative estimate of drug-likeness (QED) is 0.227. The Morgan fingerprint density at radius 2 is 1.88 bits per heavy atom. The summed E-state index contributed by atoms with van der Waals surface area (Å²) in [6.07, 6.45) is 0. The fraction of sp³-hybridized carbons (Fsp3) is 0.0870. The number of aryl methyl sites for hydroxylation is 1. The van der Waals surface area contributed by atoms with Crippen molar-refractivity contribution in [2.75, 3.05) is 12.4 Å². The van der Waals surface area contributed by atoms with Crippen LogP contribution in [0.15, 0.2) is 60.7 Å². The molecule has 166 valence electrons. The van der Waals surface area contributed by atoms with Crippen molar-refractivity contribution in [1.82, 2.24) is 10.3 Å². The number of thiazole rings is 1. The van der Waals surface area contributed by atoms with Gasteiger partial charge in [0.05, 0.1) is 22.2 Å². The molecule has 0 spiro atoms. The van der Waals surface area contributed by atoms with Crippen molar-refractivity contribution in [3.8, 4) is 16.3 Å². The first-order valence-corrected chi connectivity index (χ1v) is 11.0. The highest BCUT2D eigenvalue weighted by atomic mass is 32.1. The second-order valence-corrected chi connectivity index (χ2v) is 8.56. The average Bonchev–Trinajstić information content (AvgIpc) is 3.22. The van der Waals surface area contributed by atoms with E-state index in [9.17, 15) is 14.9 Å². The second kappa shape index (κ2) is 9.31. The van der Waals surface area contributed by atoms with E-state index in [1.807, 2.05) is 36.4 Å². The maximum absolute atomic E-state index is 12.5. The Hall–Kier alpha value is -3.89. The Bertz CT molecular complexity index is 1380. The second-order valence-electron chi connectivity index (χ2n) is 7.12. The SMILES string of the molecule is COc1ccc(C(=O)NC(=S)Nc2ccc(-c3nc4ccc(C)cc4s3)cc2)cc1[N+](=O)[O-]. The first kappa shape index (κ1) is 22.3. The molecule has 0 atom stereocenters. The van der Waals surface area contributed by atoms with Gasteiger partial charge in [-0.25, -0.2) is 4.98 Å². The van der Waals surface area contributed by atoms with Gasteiger partial charge in [0.15, 0.2) is 10.9 Å². The molecule has 0 radical (unpaired) electrons. The predicted molar refractivity (Wildman–Crippen MR) is 133 cm³/mol. The Kier molecular flexibility index (Phi) is 6.29. The van der Waals surface area contributed by atoms with Gasteiger partial charge in [0.2, 0.25) is 0 Å². The van der Waals surface area contributed by atoms with Gasteiger partial charge in [0, 0.05) is 22.9 Å². The lowest BCUT2D eigenvalue weighted by atomic mass is 10.1. The number of ether oxygens (including phenoxy) is 1. The fourth-order valence-corrected chi connectivity index (χ4v) is 4.44. The number of nitro groups is 1. The molecule has 8 nitrogen and oxygen atoms in total. The molecule has 0 bridgehead atoms. The summed E-state index contributed by atoms with van der Waals surface area (Å²) in [5.74, 6) is -0.500. The van der Waals surface area contributed by atoms with Crippen LogP contribution in [0.2, 0.25) is 0 Å². The Morgan fingerprint density at radius 1 is 1.12 bits per heavy atom. The van der Waals surface area contributed by atoms with Crippen LogP contribution in [-0.2, 0) is 0 Å². The molecule has 4 aromatic rings. The van der Waals surface area contributed by atoms with Gasteiger partial charge in [-0.2, -0.15) is 0 Å². The molecule has 33 heavy (non-hydrogen) atoms. The van der Waals surface area contributed by atoms with Gasteiger partial charge in [0.25, 0.3) is 5.91 Å². The molecule has 1 heterocycles. The number of aromatic nitrogens is 1. The molecule has 2 N–H and O–H groups in total.